The average Bonchev–Trinajstić information content (AvgIpc) is 2.30. The van der Waals surface area contributed by atoms with Crippen molar-refractivity contribution in [3.05, 3.63) is 42.5 Å². The Morgan fingerprint density at radius 2 is 1.67 bits per heavy atom. The number of aliphatic carboxylic acids is 2. The summed E-state index contributed by atoms with van der Waals surface area (Å²) in [5.74, 6) is -1.54. The van der Waals surface area contributed by atoms with E-state index in [-0.39, 0.29) is 0 Å². The molecule has 1 aromatic carbocycles. The van der Waals surface area contributed by atoms with Gasteiger partial charge in [-0.05, 0) is 12.0 Å². The van der Waals surface area contributed by atoms with E-state index in [1.165, 1.54) is 5.56 Å². The van der Waals surface area contributed by atoms with E-state index >= 15 is 0 Å². The quantitative estimate of drug-likeness (QED) is 0.865. The molecule has 0 saturated carbocycles. The van der Waals surface area contributed by atoms with Gasteiger partial charge in [0, 0.05) is 13.3 Å². The molecule has 0 aromatic heterocycles. The molecule has 1 rings (SSSR count). The van der Waals surface area contributed by atoms with Crippen molar-refractivity contribution < 1.29 is 19.8 Å². The van der Waals surface area contributed by atoms with Crippen molar-refractivity contribution in [2.75, 3.05) is 0 Å². The molecule has 0 heterocycles. The van der Waals surface area contributed by atoms with Gasteiger partial charge in [-0.25, -0.2) is 0 Å². The summed E-state index contributed by atoms with van der Waals surface area (Å²) in [4.78, 5) is 18.6. The third-order valence-electron chi connectivity index (χ3n) is 1.50. The Morgan fingerprint density at radius 1 is 1.22 bits per heavy atom. The smallest absolute Gasteiger partial charge is 0.303 e. The highest BCUT2D eigenvalue weighted by Gasteiger charge is 1.87. The largest absolute Gasteiger partial charge is 0.481 e. The number of hydrogen-bond donors (Lipinski definition) is 2. The molecule has 100 valence electrons. The Labute approximate surface area is 108 Å². The average molecular weight is 252 g/mol. The van der Waals surface area contributed by atoms with Gasteiger partial charge >= 0.3 is 5.97 Å². The summed E-state index contributed by atoms with van der Waals surface area (Å²) in [5, 5.41) is 15.3. The van der Waals surface area contributed by atoms with Crippen molar-refractivity contribution in [3.8, 4) is 0 Å². The third kappa shape index (κ3) is 19.5. The highest BCUT2D eigenvalue weighted by molar-refractivity contribution is 5.66. The van der Waals surface area contributed by atoms with Crippen LogP contribution in [0, 0.1) is 0 Å². The molecular weight excluding hydrogens is 232 g/mol. The van der Waals surface area contributed by atoms with E-state index in [0.29, 0.717) is 6.42 Å². The first kappa shape index (κ1) is 18.3. The van der Waals surface area contributed by atoms with Crippen LogP contribution in [0.25, 0.3) is 6.08 Å². The minimum Gasteiger partial charge on any atom is -0.481 e. The molecule has 0 aliphatic carbocycles. The molecule has 0 saturated heterocycles. The van der Waals surface area contributed by atoms with Gasteiger partial charge in [-0.3, -0.25) is 9.59 Å². The Morgan fingerprint density at radius 3 is 1.83 bits per heavy atom. The van der Waals surface area contributed by atoms with Crippen LogP contribution in [0.4, 0.5) is 0 Å². The maximum Gasteiger partial charge on any atom is 0.303 e. The van der Waals surface area contributed by atoms with Crippen molar-refractivity contribution in [2.24, 2.45) is 0 Å². The maximum atomic E-state index is 9.60. The Balaban J connectivity index is 0. The number of carboxylic acids is 2. The predicted molar refractivity (Wildman–Crippen MR) is 72.4 cm³/mol. The van der Waals surface area contributed by atoms with E-state index in [1.807, 2.05) is 43.3 Å². The lowest BCUT2D eigenvalue weighted by Crippen LogP contribution is -1.90. The zero-order chi connectivity index (χ0) is 14.4. The second-order valence-electron chi connectivity index (χ2n) is 3.28. The lowest BCUT2D eigenvalue weighted by molar-refractivity contribution is -0.137. The molecule has 0 fully saturated rings. The molecule has 4 nitrogen and oxygen atoms in total. The molecule has 0 aliphatic rings. The van der Waals surface area contributed by atoms with Gasteiger partial charge < -0.3 is 10.2 Å². The van der Waals surface area contributed by atoms with Crippen LogP contribution < -0.4 is 0 Å². The number of benzene rings is 1. The van der Waals surface area contributed by atoms with Crippen LogP contribution in [0.15, 0.2) is 36.9 Å². The fraction of sp³-hybridized carbons (Fsp3) is 0.286. The van der Waals surface area contributed by atoms with Gasteiger partial charge in [0.2, 0.25) is 0 Å². The van der Waals surface area contributed by atoms with Crippen LogP contribution in [0.1, 0.15) is 32.3 Å². The molecule has 0 radical (unpaired) electrons. The molecular formula is C14H20O4. The first-order chi connectivity index (χ1) is 8.43. The number of hydrogen-bond acceptors (Lipinski definition) is 2. The van der Waals surface area contributed by atoms with Gasteiger partial charge in [0.25, 0.3) is 5.97 Å². The molecule has 0 aliphatic heterocycles. The predicted octanol–water partition coefficient (Wildman–Crippen LogP) is 3.29. The molecule has 18 heavy (non-hydrogen) atoms. The van der Waals surface area contributed by atoms with E-state index in [1.54, 1.807) is 0 Å². The summed E-state index contributed by atoms with van der Waals surface area (Å²) in [6, 6.07) is 10.0. The molecule has 0 bridgehead atoms. The molecule has 4 heteroatoms. The van der Waals surface area contributed by atoms with Gasteiger partial charge in [0.1, 0.15) is 0 Å². The second kappa shape index (κ2) is 13.0. The van der Waals surface area contributed by atoms with Gasteiger partial charge in [-0.15, -0.1) is 0 Å². The van der Waals surface area contributed by atoms with Gasteiger partial charge in [-0.2, -0.15) is 0 Å². The lowest BCUT2D eigenvalue weighted by atomic mass is 10.2. The lowest BCUT2D eigenvalue weighted by Gasteiger charge is -1.85. The van der Waals surface area contributed by atoms with Crippen molar-refractivity contribution in [1.82, 2.24) is 0 Å². The van der Waals surface area contributed by atoms with Crippen LogP contribution in [-0.4, -0.2) is 22.2 Å². The summed E-state index contributed by atoms with van der Waals surface area (Å²) in [6.07, 6.45) is 2.86. The fourth-order valence-electron chi connectivity index (χ4n) is 0.803. The molecule has 0 unspecified atom stereocenters. The second-order valence-corrected chi connectivity index (χ2v) is 3.28. The van der Waals surface area contributed by atoms with Crippen LogP contribution in [0.5, 0.6) is 0 Å². The normalized spacial score (nSPS) is 7.89. The SMILES string of the molecule is C=Cc1ccccc1.CC(=O)O.CCCC(=O)O. The van der Waals surface area contributed by atoms with Crippen molar-refractivity contribution in [3.63, 3.8) is 0 Å². The zero-order valence-electron chi connectivity index (χ0n) is 10.8. The molecule has 0 spiro atoms. The maximum absolute atomic E-state index is 9.60. The number of carbonyl (C=O) groups is 2. The van der Waals surface area contributed by atoms with Crippen molar-refractivity contribution in [2.45, 2.75) is 26.7 Å². The highest BCUT2D eigenvalue weighted by atomic mass is 16.4. The summed E-state index contributed by atoms with van der Waals surface area (Å²) in [7, 11) is 0. The highest BCUT2D eigenvalue weighted by Crippen LogP contribution is 1.97. The molecule has 2 N–H and O–H groups in total. The molecule has 1 aromatic rings. The standard InChI is InChI=1S/C8H8.C4H8O2.C2H4O2/c1-2-8-6-4-3-5-7-8;1-2-3-4(5)6;1-2(3)4/h2-7H,1H2;2-3H2,1H3,(H,5,6);1H3,(H,3,4). The van der Waals surface area contributed by atoms with Gasteiger partial charge in [-0.1, -0.05) is 49.9 Å². The van der Waals surface area contributed by atoms with Crippen molar-refractivity contribution in [1.29, 1.82) is 0 Å². The minimum absolute atomic E-state index is 0.292. The van der Waals surface area contributed by atoms with E-state index in [4.69, 9.17) is 15.0 Å². The topological polar surface area (TPSA) is 74.6 Å². The minimum atomic E-state index is -0.833. The summed E-state index contributed by atoms with van der Waals surface area (Å²) >= 11 is 0. The Hall–Kier alpha value is -2.10. The number of carboxylic acid groups (broad SMARTS) is 2. The summed E-state index contributed by atoms with van der Waals surface area (Å²) in [5.41, 5.74) is 1.17. The van der Waals surface area contributed by atoms with E-state index in [9.17, 15) is 4.79 Å². The first-order valence-corrected chi connectivity index (χ1v) is 5.52. The summed E-state index contributed by atoms with van der Waals surface area (Å²) in [6.45, 7) is 6.56. The third-order valence-corrected chi connectivity index (χ3v) is 1.50. The van der Waals surface area contributed by atoms with Crippen LogP contribution in [0.3, 0.4) is 0 Å². The Kier molecular flexibility index (Phi) is 13.2. The van der Waals surface area contributed by atoms with E-state index < -0.39 is 11.9 Å². The fourth-order valence-corrected chi connectivity index (χ4v) is 0.803. The number of rotatable bonds is 3. The molecule has 0 atom stereocenters. The summed E-state index contributed by atoms with van der Waals surface area (Å²) < 4.78 is 0. The van der Waals surface area contributed by atoms with E-state index in [0.717, 1.165) is 13.3 Å². The van der Waals surface area contributed by atoms with Crippen LogP contribution >= 0.6 is 0 Å². The van der Waals surface area contributed by atoms with Crippen LogP contribution in [-0.2, 0) is 9.59 Å². The van der Waals surface area contributed by atoms with E-state index in [2.05, 4.69) is 6.58 Å². The Bertz CT molecular complexity index is 340. The van der Waals surface area contributed by atoms with Crippen LogP contribution in [0.2, 0.25) is 0 Å². The van der Waals surface area contributed by atoms with Gasteiger partial charge in [0.15, 0.2) is 0 Å². The molecule has 0 amide bonds. The van der Waals surface area contributed by atoms with Crippen molar-refractivity contribution >= 4 is 18.0 Å². The van der Waals surface area contributed by atoms with Gasteiger partial charge in [0.05, 0.1) is 0 Å². The first-order valence-electron chi connectivity index (χ1n) is 5.52. The zero-order valence-corrected chi connectivity index (χ0v) is 10.8. The monoisotopic (exact) mass is 252 g/mol.